The minimum absolute atomic E-state index is 0.0457. The van der Waals surface area contributed by atoms with Crippen molar-refractivity contribution in [2.75, 3.05) is 18.3 Å². The molecule has 1 aromatic heterocycles. The fourth-order valence-electron chi connectivity index (χ4n) is 1.78. The maximum atomic E-state index is 12.1. The van der Waals surface area contributed by atoms with Crippen molar-refractivity contribution in [2.45, 2.75) is 17.7 Å². The number of sulfonamides is 1. The predicted octanol–water partition coefficient (Wildman–Crippen LogP) is 0.824. The smallest absolute Gasteiger partial charge is 0.264 e. The zero-order chi connectivity index (χ0) is 15.1. The van der Waals surface area contributed by atoms with Crippen molar-refractivity contribution >= 4 is 16.0 Å². The van der Waals surface area contributed by atoms with Gasteiger partial charge in [0.15, 0.2) is 0 Å². The Morgan fingerprint density at radius 2 is 1.90 bits per heavy atom. The van der Waals surface area contributed by atoms with Gasteiger partial charge in [-0.1, -0.05) is 12.1 Å². The zero-order valence-electron chi connectivity index (χ0n) is 11.7. The van der Waals surface area contributed by atoms with Crippen LogP contribution in [-0.2, 0) is 16.4 Å². The summed E-state index contributed by atoms with van der Waals surface area (Å²) in [6.45, 7) is 0.931. The fourth-order valence-corrected chi connectivity index (χ4v) is 2.72. The van der Waals surface area contributed by atoms with E-state index in [4.69, 9.17) is 0 Å². The molecule has 2 rings (SSSR count). The molecule has 0 saturated carbocycles. The number of nitrogens with zero attached hydrogens (tertiary/aromatic N) is 3. The highest BCUT2D eigenvalue weighted by atomic mass is 32.2. The molecule has 0 spiro atoms. The van der Waals surface area contributed by atoms with Gasteiger partial charge in [-0.05, 0) is 44.1 Å². The first-order valence-electron chi connectivity index (χ1n) is 6.52. The number of benzene rings is 1. The van der Waals surface area contributed by atoms with Gasteiger partial charge in [0.05, 0.1) is 17.3 Å². The van der Waals surface area contributed by atoms with Crippen LogP contribution in [0.3, 0.4) is 0 Å². The highest BCUT2D eigenvalue weighted by molar-refractivity contribution is 7.92. The fraction of sp³-hybridized carbons (Fsp3) is 0.308. The average Bonchev–Trinajstić information content (AvgIpc) is 2.49. The molecule has 0 aliphatic heterocycles. The minimum Gasteiger partial charge on any atom is -0.320 e. The van der Waals surface area contributed by atoms with Gasteiger partial charge in [0.25, 0.3) is 16.0 Å². The van der Waals surface area contributed by atoms with Gasteiger partial charge in [-0.15, -0.1) is 5.10 Å². The van der Waals surface area contributed by atoms with E-state index in [1.54, 1.807) is 12.1 Å². The summed E-state index contributed by atoms with van der Waals surface area (Å²) in [7, 11) is -1.78. The third-order valence-electron chi connectivity index (χ3n) is 2.83. The van der Waals surface area contributed by atoms with Gasteiger partial charge in [-0.3, -0.25) is 0 Å². The van der Waals surface area contributed by atoms with Crippen molar-refractivity contribution in [3.05, 3.63) is 42.2 Å². The lowest BCUT2D eigenvalue weighted by atomic mass is 10.1. The largest absolute Gasteiger partial charge is 0.320 e. The van der Waals surface area contributed by atoms with Gasteiger partial charge in [0.1, 0.15) is 0 Å². The van der Waals surface area contributed by atoms with Crippen molar-refractivity contribution < 1.29 is 8.42 Å². The lowest BCUT2D eigenvalue weighted by molar-refractivity contribution is 0.600. The summed E-state index contributed by atoms with van der Waals surface area (Å²) < 4.78 is 26.6. The van der Waals surface area contributed by atoms with E-state index >= 15 is 0 Å². The number of nitrogens with one attached hydrogen (secondary N) is 2. The van der Waals surface area contributed by atoms with Crippen molar-refractivity contribution in [1.29, 1.82) is 0 Å². The van der Waals surface area contributed by atoms with Gasteiger partial charge in [0.2, 0.25) is 0 Å². The van der Waals surface area contributed by atoms with E-state index in [-0.39, 0.29) is 10.8 Å². The molecule has 0 unspecified atom stereocenters. The van der Waals surface area contributed by atoms with Crippen LogP contribution in [0.2, 0.25) is 0 Å². The van der Waals surface area contributed by atoms with Gasteiger partial charge in [0, 0.05) is 0 Å². The second kappa shape index (κ2) is 7.09. The maximum absolute atomic E-state index is 12.1. The van der Waals surface area contributed by atoms with Crippen LogP contribution in [0.4, 0.5) is 5.95 Å². The van der Waals surface area contributed by atoms with Gasteiger partial charge in [-0.25, -0.2) is 18.1 Å². The third kappa shape index (κ3) is 4.47. The van der Waals surface area contributed by atoms with Gasteiger partial charge in [-0.2, -0.15) is 5.10 Å². The summed E-state index contributed by atoms with van der Waals surface area (Å²) in [4.78, 5) is 3.96. The Hall–Kier alpha value is -2.06. The highest BCUT2D eigenvalue weighted by Crippen LogP contribution is 2.14. The molecule has 21 heavy (non-hydrogen) atoms. The standard InChI is InChI=1S/C13H17N5O2S/c1-14-8-2-3-11-4-6-12(7-5-11)21(19,20)18-13-15-9-10-16-17-13/h4-7,9-10,14H,2-3,8H2,1H3,(H,15,17,18). The molecule has 0 radical (unpaired) electrons. The Labute approximate surface area is 123 Å². The topological polar surface area (TPSA) is 96.9 Å². The molecule has 0 atom stereocenters. The number of hydrogen-bond donors (Lipinski definition) is 2. The molecule has 1 aromatic carbocycles. The molecule has 112 valence electrons. The van der Waals surface area contributed by atoms with Crippen molar-refractivity contribution in [3.63, 3.8) is 0 Å². The first kappa shape index (κ1) is 15.3. The molecule has 0 saturated heterocycles. The lowest BCUT2D eigenvalue weighted by Crippen LogP contribution is -2.15. The Morgan fingerprint density at radius 3 is 2.52 bits per heavy atom. The quantitative estimate of drug-likeness (QED) is 0.735. The van der Waals surface area contributed by atoms with E-state index in [9.17, 15) is 8.42 Å². The number of hydrogen-bond acceptors (Lipinski definition) is 6. The maximum Gasteiger partial charge on any atom is 0.264 e. The van der Waals surface area contributed by atoms with E-state index in [0.717, 1.165) is 24.9 Å². The zero-order valence-corrected chi connectivity index (χ0v) is 12.5. The Morgan fingerprint density at radius 1 is 1.14 bits per heavy atom. The summed E-state index contributed by atoms with van der Waals surface area (Å²) in [5.41, 5.74) is 1.10. The molecule has 2 N–H and O–H groups in total. The molecule has 0 fully saturated rings. The number of anilines is 1. The highest BCUT2D eigenvalue weighted by Gasteiger charge is 2.15. The van der Waals surface area contributed by atoms with E-state index in [0.29, 0.717) is 0 Å². The summed E-state index contributed by atoms with van der Waals surface area (Å²) in [6.07, 6.45) is 4.65. The van der Waals surface area contributed by atoms with Crippen LogP contribution in [0.15, 0.2) is 41.6 Å². The summed E-state index contributed by atoms with van der Waals surface area (Å²) in [6, 6.07) is 6.78. The summed E-state index contributed by atoms with van der Waals surface area (Å²) in [5.74, 6) is -0.0457. The molecule has 7 nitrogen and oxygen atoms in total. The van der Waals surface area contributed by atoms with Crippen LogP contribution in [0, 0.1) is 0 Å². The summed E-state index contributed by atoms with van der Waals surface area (Å²) >= 11 is 0. The van der Waals surface area contributed by atoms with Crippen LogP contribution in [0.25, 0.3) is 0 Å². The number of aryl methyl sites for hydroxylation is 1. The van der Waals surface area contributed by atoms with Crippen LogP contribution in [-0.4, -0.2) is 37.2 Å². The first-order valence-corrected chi connectivity index (χ1v) is 8.00. The van der Waals surface area contributed by atoms with Crippen LogP contribution >= 0.6 is 0 Å². The van der Waals surface area contributed by atoms with Crippen molar-refractivity contribution in [2.24, 2.45) is 0 Å². The molecular formula is C13H17N5O2S. The molecule has 8 heteroatoms. The van der Waals surface area contributed by atoms with E-state index in [1.165, 1.54) is 12.4 Å². The van der Waals surface area contributed by atoms with E-state index in [2.05, 4.69) is 25.2 Å². The Bertz CT molecular complexity index is 659. The molecule has 0 bridgehead atoms. The molecule has 2 aromatic rings. The average molecular weight is 307 g/mol. The SMILES string of the molecule is CNCCCc1ccc(S(=O)(=O)Nc2nccnn2)cc1. The lowest BCUT2D eigenvalue weighted by Gasteiger charge is -2.07. The minimum atomic E-state index is -3.68. The molecular weight excluding hydrogens is 290 g/mol. The van der Waals surface area contributed by atoms with Crippen LogP contribution in [0.5, 0.6) is 0 Å². The molecule has 0 aliphatic carbocycles. The predicted molar refractivity (Wildman–Crippen MR) is 79.3 cm³/mol. The van der Waals surface area contributed by atoms with Crippen molar-refractivity contribution in [3.8, 4) is 0 Å². The Kier molecular flexibility index (Phi) is 5.18. The van der Waals surface area contributed by atoms with Gasteiger partial charge >= 0.3 is 0 Å². The second-order valence-electron chi connectivity index (χ2n) is 4.42. The van der Waals surface area contributed by atoms with Crippen molar-refractivity contribution in [1.82, 2.24) is 20.5 Å². The van der Waals surface area contributed by atoms with E-state index in [1.807, 2.05) is 19.2 Å². The van der Waals surface area contributed by atoms with Gasteiger partial charge < -0.3 is 5.32 Å². The molecule has 0 amide bonds. The first-order chi connectivity index (χ1) is 10.1. The summed E-state index contributed by atoms with van der Waals surface area (Å²) in [5, 5.41) is 10.2. The number of aromatic nitrogens is 3. The van der Waals surface area contributed by atoms with Crippen LogP contribution < -0.4 is 10.0 Å². The van der Waals surface area contributed by atoms with Crippen LogP contribution in [0.1, 0.15) is 12.0 Å². The number of rotatable bonds is 7. The van der Waals surface area contributed by atoms with E-state index < -0.39 is 10.0 Å². The Balaban J connectivity index is 2.06. The normalized spacial score (nSPS) is 11.3. The second-order valence-corrected chi connectivity index (χ2v) is 6.11. The monoisotopic (exact) mass is 307 g/mol. The molecule has 1 heterocycles. The third-order valence-corrected chi connectivity index (χ3v) is 4.18. The molecule has 0 aliphatic rings.